The van der Waals surface area contributed by atoms with Crippen molar-refractivity contribution >= 4 is 33.4 Å². The molecule has 0 unspecified atom stereocenters. The van der Waals surface area contributed by atoms with Crippen LogP contribution in [0.3, 0.4) is 0 Å². The second-order valence-corrected chi connectivity index (χ2v) is 9.97. The molecular weight excluding hydrogens is 442 g/mol. The number of benzene rings is 2. The summed E-state index contributed by atoms with van der Waals surface area (Å²) >= 11 is 0. The highest BCUT2D eigenvalue weighted by atomic mass is 32.2. The summed E-state index contributed by atoms with van der Waals surface area (Å²) in [4.78, 5) is 28.6. The Hall–Kier alpha value is -3.40. The summed E-state index contributed by atoms with van der Waals surface area (Å²) in [5.41, 5.74) is 2.48. The topological polar surface area (TPSA) is 111 Å². The van der Waals surface area contributed by atoms with Crippen molar-refractivity contribution in [2.24, 2.45) is 4.40 Å². The quantitative estimate of drug-likeness (QED) is 0.690. The van der Waals surface area contributed by atoms with Gasteiger partial charge in [0.25, 0.3) is 10.0 Å². The Morgan fingerprint density at radius 1 is 1.12 bits per heavy atom. The van der Waals surface area contributed by atoms with Crippen molar-refractivity contribution in [3.8, 4) is 0 Å². The summed E-state index contributed by atoms with van der Waals surface area (Å²) in [5, 5.41) is 5.79. The van der Waals surface area contributed by atoms with Gasteiger partial charge in [-0.05, 0) is 42.7 Å². The molecule has 2 saturated heterocycles. The lowest BCUT2D eigenvalue weighted by Crippen LogP contribution is -2.47. The molecule has 2 fully saturated rings. The largest absolute Gasteiger partial charge is 0.360 e. The maximum Gasteiger partial charge on any atom is 0.285 e. The predicted molar refractivity (Wildman–Crippen MR) is 123 cm³/mol. The van der Waals surface area contributed by atoms with E-state index < -0.39 is 16.1 Å². The predicted octanol–water partition coefficient (Wildman–Crippen LogP) is 0.853. The summed E-state index contributed by atoms with van der Waals surface area (Å²) in [6.07, 6.45) is 1.43. The molecule has 0 radical (unpaired) electrons. The third-order valence-electron chi connectivity index (χ3n) is 6.25. The molecule has 0 saturated carbocycles. The Kier molecular flexibility index (Phi) is 5.53. The van der Waals surface area contributed by atoms with Crippen LogP contribution in [0.2, 0.25) is 0 Å². The van der Waals surface area contributed by atoms with E-state index >= 15 is 0 Å². The Balaban J connectivity index is 1.24. The molecule has 0 aromatic heterocycles. The van der Waals surface area contributed by atoms with Crippen LogP contribution in [-0.4, -0.2) is 63.2 Å². The van der Waals surface area contributed by atoms with E-state index in [0.29, 0.717) is 44.0 Å². The number of amides is 2. The summed E-state index contributed by atoms with van der Waals surface area (Å²) in [6.45, 7) is 2.69. The van der Waals surface area contributed by atoms with Crippen LogP contribution in [-0.2, 0) is 26.2 Å². The molecule has 10 heteroatoms. The molecule has 3 aliphatic rings. The molecule has 172 valence electrons. The van der Waals surface area contributed by atoms with Crippen molar-refractivity contribution in [1.82, 2.24) is 15.5 Å². The number of rotatable bonds is 4. The van der Waals surface area contributed by atoms with E-state index in [9.17, 15) is 18.0 Å². The van der Waals surface area contributed by atoms with Gasteiger partial charge in [0.05, 0.1) is 6.54 Å². The number of anilines is 1. The first-order valence-electron chi connectivity index (χ1n) is 11.0. The van der Waals surface area contributed by atoms with Gasteiger partial charge in [0, 0.05) is 37.4 Å². The Bertz CT molecular complexity index is 1230. The molecule has 2 amide bonds. The van der Waals surface area contributed by atoms with Gasteiger partial charge in [-0.3, -0.25) is 9.59 Å². The molecule has 0 aliphatic carbocycles. The van der Waals surface area contributed by atoms with Gasteiger partial charge in [0.2, 0.25) is 11.8 Å². The minimum absolute atomic E-state index is 0.0148. The second kappa shape index (κ2) is 8.51. The summed E-state index contributed by atoms with van der Waals surface area (Å²) in [7, 11) is -3.73. The van der Waals surface area contributed by atoms with Crippen molar-refractivity contribution in [1.29, 1.82) is 0 Å². The minimum atomic E-state index is -3.73. The summed E-state index contributed by atoms with van der Waals surface area (Å²) in [5.74, 6) is 0.230. The Labute approximate surface area is 192 Å². The molecule has 5 rings (SSSR count). The molecule has 0 spiro atoms. The highest BCUT2D eigenvalue weighted by Crippen LogP contribution is 2.31. The molecule has 33 heavy (non-hydrogen) atoms. The zero-order chi connectivity index (χ0) is 23.0. The maximum atomic E-state index is 13.0. The highest BCUT2D eigenvalue weighted by Gasteiger charge is 2.39. The van der Waals surface area contributed by atoms with E-state index in [2.05, 4.69) is 15.0 Å². The third-order valence-corrected chi connectivity index (χ3v) is 7.57. The van der Waals surface area contributed by atoms with Crippen LogP contribution in [0, 0.1) is 0 Å². The number of carbonyl (C=O) groups excluding carboxylic acids is 2. The van der Waals surface area contributed by atoms with Crippen LogP contribution in [0.1, 0.15) is 24.0 Å². The fourth-order valence-electron chi connectivity index (χ4n) is 4.58. The Morgan fingerprint density at radius 3 is 2.70 bits per heavy atom. The van der Waals surface area contributed by atoms with Crippen molar-refractivity contribution in [2.75, 3.05) is 31.1 Å². The lowest BCUT2D eigenvalue weighted by molar-refractivity contribution is -0.124. The first-order valence-corrected chi connectivity index (χ1v) is 12.5. The number of fused-ring (bicyclic) bond motifs is 1. The first kappa shape index (κ1) is 21.4. The number of hydrogen-bond donors (Lipinski definition) is 2. The van der Waals surface area contributed by atoms with Crippen LogP contribution < -0.4 is 15.5 Å². The molecule has 2 aromatic carbocycles. The van der Waals surface area contributed by atoms with E-state index in [1.165, 1.54) is 0 Å². The summed E-state index contributed by atoms with van der Waals surface area (Å²) < 4.78 is 28.8. The average Bonchev–Trinajstić information content (AvgIpc) is 3.41. The van der Waals surface area contributed by atoms with E-state index in [4.69, 9.17) is 0 Å². The lowest BCUT2D eigenvalue weighted by atomic mass is 10.1. The van der Waals surface area contributed by atoms with Crippen LogP contribution in [0.15, 0.2) is 57.8 Å². The normalized spacial score (nSPS) is 21.4. The fraction of sp³-hybridized carbons (Fsp3) is 0.348. The van der Waals surface area contributed by atoms with Crippen LogP contribution in [0.5, 0.6) is 0 Å². The van der Waals surface area contributed by atoms with Crippen molar-refractivity contribution in [3.63, 3.8) is 0 Å². The number of carbonyl (C=O) groups is 2. The first-order chi connectivity index (χ1) is 15.9. The molecule has 3 heterocycles. The van der Waals surface area contributed by atoms with E-state index in [1.54, 1.807) is 24.3 Å². The van der Waals surface area contributed by atoms with Crippen molar-refractivity contribution < 1.29 is 18.0 Å². The molecule has 1 atom stereocenters. The molecular formula is C23H25N5O4S. The van der Waals surface area contributed by atoms with Gasteiger partial charge in [0.1, 0.15) is 10.9 Å². The van der Waals surface area contributed by atoms with Gasteiger partial charge in [-0.15, -0.1) is 4.40 Å². The van der Waals surface area contributed by atoms with Gasteiger partial charge < -0.3 is 20.4 Å². The lowest BCUT2D eigenvalue weighted by Gasteiger charge is -2.28. The standard InChI is InChI=1S/C23H25N5O4S/c29-21-15-27(13-11-24-21)17-9-7-16(8-10-17)14-25-23(30)19-5-3-12-28(19)22-18-4-1-2-6-20(18)33(31,32)26-22/h1-2,4,6-10,19H,3,5,11-15H2,(H,24,29)(H,25,30)/t19-/m0/s1. The minimum Gasteiger partial charge on any atom is -0.360 e. The third kappa shape index (κ3) is 4.18. The van der Waals surface area contributed by atoms with Gasteiger partial charge in [-0.25, -0.2) is 0 Å². The van der Waals surface area contributed by atoms with Gasteiger partial charge >= 0.3 is 0 Å². The smallest absolute Gasteiger partial charge is 0.285 e. The highest BCUT2D eigenvalue weighted by molar-refractivity contribution is 7.90. The van der Waals surface area contributed by atoms with E-state index in [-0.39, 0.29) is 16.7 Å². The number of nitrogens with one attached hydrogen (secondary N) is 2. The van der Waals surface area contributed by atoms with Gasteiger partial charge in [0.15, 0.2) is 5.84 Å². The van der Waals surface area contributed by atoms with Crippen molar-refractivity contribution in [2.45, 2.75) is 30.3 Å². The van der Waals surface area contributed by atoms with Crippen LogP contribution >= 0.6 is 0 Å². The van der Waals surface area contributed by atoms with Crippen molar-refractivity contribution in [3.05, 3.63) is 59.7 Å². The molecule has 2 aromatic rings. The van der Waals surface area contributed by atoms with Gasteiger partial charge in [-0.1, -0.05) is 24.3 Å². The monoisotopic (exact) mass is 467 g/mol. The zero-order valence-electron chi connectivity index (χ0n) is 18.0. The molecule has 9 nitrogen and oxygen atoms in total. The van der Waals surface area contributed by atoms with Crippen LogP contribution in [0.25, 0.3) is 0 Å². The fourth-order valence-corrected chi connectivity index (χ4v) is 5.80. The summed E-state index contributed by atoms with van der Waals surface area (Å²) in [6, 6.07) is 14.1. The van der Waals surface area contributed by atoms with E-state index in [0.717, 1.165) is 24.2 Å². The Morgan fingerprint density at radius 2 is 1.91 bits per heavy atom. The maximum absolute atomic E-state index is 13.0. The number of likely N-dealkylation sites (tertiary alicyclic amines) is 1. The number of nitrogens with zero attached hydrogens (tertiary/aromatic N) is 3. The molecule has 3 aliphatic heterocycles. The van der Waals surface area contributed by atoms with Gasteiger partial charge in [-0.2, -0.15) is 8.42 Å². The molecule has 0 bridgehead atoms. The number of amidine groups is 1. The van der Waals surface area contributed by atoms with Crippen LogP contribution in [0.4, 0.5) is 5.69 Å². The number of sulfonamides is 1. The average molecular weight is 468 g/mol. The zero-order valence-corrected chi connectivity index (χ0v) is 18.8. The SMILES string of the molecule is O=C1CN(c2ccc(CNC(=O)[C@@H]3CCCN3C3=NS(=O)(=O)c4ccccc43)cc2)CCN1. The molecule has 2 N–H and O–H groups in total. The second-order valence-electron chi connectivity index (χ2n) is 8.39. The van der Waals surface area contributed by atoms with E-state index in [1.807, 2.05) is 34.1 Å². The number of piperazine rings is 1. The number of hydrogen-bond acceptors (Lipinski definition) is 6.